The first kappa shape index (κ1) is 54.7. The molecule has 0 spiro atoms. The fourth-order valence-corrected chi connectivity index (χ4v) is 5.96. The van der Waals surface area contributed by atoms with E-state index in [0.29, 0.717) is 12.8 Å². The molecule has 0 rings (SSSR count). The molecule has 1 amide bonds. The van der Waals surface area contributed by atoms with Crippen molar-refractivity contribution in [3.05, 3.63) is 109 Å². The van der Waals surface area contributed by atoms with Crippen LogP contribution in [0.15, 0.2) is 109 Å². The maximum Gasteiger partial charge on any atom is 0.472 e. The molecule has 0 saturated heterocycles. The summed E-state index contributed by atoms with van der Waals surface area (Å²) in [5.41, 5.74) is 0. The normalized spacial score (nSPS) is 14.3. The van der Waals surface area contributed by atoms with Crippen LogP contribution < -0.4 is 5.32 Å². The van der Waals surface area contributed by atoms with Crippen LogP contribution in [0.2, 0.25) is 0 Å². The van der Waals surface area contributed by atoms with Crippen LogP contribution in [0, 0.1) is 0 Å². The van der Waals surface area contributed by atoms with Gasteiger partial charge >= 0.3 is 13.8 Å². The maximum absolute atomic E-state index is 12.1. The lowest BCUT2D eigenvalue weighted by Gasteiger charge is -2.15. The van der Waals surface area contributed by atoms with Crippen molar-refractivity contribution < 1.29 is 37.9 Å². The quantitative estimate of drug-likeness (QED) is 0.0242. The van der Waals surface area contributed by atoms with E-state index in [-0.39, 0.29) is 32.1 Å². The van der Waals surface area contributed by atoms with E-state index in [0.717, 1.165) is 83.5 Å². The van der Waals surface area contributed by atoms with E-state index >= 15 is 0 Å². The second kappa shape index (κ2) is 43.3. The number of amides is 1. The topological polar surface area (TPSA) is 131 Å². The zero-order valence-electron chi connectivity index (χ0n) is 35.9. The summed E-state index contributed by atoms with van der Waals surface area (Å²) in [5.74, 6) is -0.674. The molecular formula is C48H78NO8P. The number of allylic oxidation sites excluding steroid dienone is 17. The Labute approximate surface area is 352 Å². The van der Waals surface area contributed by atoms with E-state index in [1.165, 1.54) is 32.1 Å². The van der Waals surface area contributed by atoms with Gasteiger partial charge in [-0.25, -0.2) is 4.57 Å². The van der Waals surface area contributed by atoms with Gasteiger partial charge in [-0.3, -0.25) is 18.6 Å². The SMILES string of the molecule is CC/C=C\C/C=C\C/C=C\C/C=C\C/C=C\C/C=C\C/C=C\CC(=O)OCC(O)COP(=O)(O)OCCNC(=O)CCCCCCC/C=C\C/C=C\CCCCCC. The number of carbonyl (C=O) groups is 2. The van der Waals surface area contributed by atoms with E-state index in [9.17, 15) is 24.2 Å². The van der Waals surface area contributed by atoms with Gasteiger partial charge < -0.3 is 20.1 Å². The number of phosphoric acid groups is 1. The van der Waals surface area contributed by atoms with Crippen LogP contribution in [0.3, 0.4) is 0 Å². The molecule has 328 valence electrons. The zero-order valence-corrected chi connectivity index (χ0v) is 36.8. The fourth-order valence-electron chi connectivity index (χ4n) is 5.20. The molecule has 0 aliphatic heterocycles. The fraction of sp³-hybridized carbons (Fsp3) is 0.583. The lowest BCUT2D eigenvalue weighted by Crippen LogP contribution is -2.27. The Morgan fingerprint density at radius 2 is 1.02 bits per heavy atom. The van der Waals surface area contributed by atoms with E-state index < -0.39 is 26.5 Å². The Bertz CT molecular complexity index is 1310. The Hall–Kier alpha value is -3.33. The molecule has 0 aliphatic rings. The van der Waals surface area contributed by atoms with Crippen molar-refractivity contribution in [1.82, 2.24) is 5.32 Å². The first-order valence-corrected chi connectivity index (χ1v) is 23.4. The molecule has 58 heavy (non-hydrogen) atoms. The highest BCUT2D eigenvalue weighted by Gasteiger charge is 2.23. The summed E-state index contributed by atoms with van der Waals surface area (Å²) in [7, 11) is -4.45. The molecule has 2 unspecified atom stereocenters. The van der Waals surface area contributed by atoms with Crippen LogP contribution in [0.4, 0.5) is 0 Å². The largest absolute Gasteiger partial charge is 0.472 e. The highest BCUT2D eigenvalue weighted by Crippen LogP contribution is 2.42. The van der Waals surface area contributed by atoms with Crippen molar-refractivity contribution in [2.75, 3.05) is 26.4 Å². The van der Waals surface area contributed by atoms with Crippen molar-refractivity contribution in [3.8, 4) is 0 Å². The second-order valence-corrected chi connectivity index (χ2v) is 15.4. The standard InChI is InChI=1S/C48H78NO8P/c1-3-5-7-9-11-13-15-17-19-21-22-23-24-25-27-29-31-33-35-37-39-41-48(52)55-44-46(50)45-57-58(53,54)56-43-42-49-47(51)40-38-36-34-32-30-28-26-20-18-16-14-12-10-8-6-4-2/h5,7,11,13-14,16-17,19-20,22-23,25-27,31,33,37,39,46,50H,3-4,6,8-10,12,15,18,21,24,28-30,32,34-36,38,40-45H2,1-2H3,(H,49,51)(H,53,54)/b7-5-,13-11-,16-14-,19-17-,23-22-,26-20-,27-25-,33-31-,39-37-. The van der Waals surface area contributed by atoms with Gasteiger partial charge in [0.25, 0.3) is 0 Å². The number of aliphatic hydroxyl groups is 1. The molecule has 10 heteroatoms. The summed E-state index contributed by atoms with van der Waals surface area (Å²) < 4.78 is 26.8. The Balaban J connectivity index is 3.78. The minimum Gasteiger partial charge on any atom is -0.463 e. The van der Waals surface area contributed by atoms with E-state index in [1.807, 2.05) is 12.2 Å². The summed E-state index contributed by atoms with van der Waals surface area (Å²) in [4.78, 5) is 33.9. The lowest BCUT2D eigenvalue weighted by molar-refractivity contribution is -0.146. The summed E-state index contributed by atoms with van der Waals surface area (Å²) in [5, 5.41) is 12.7. The number of hydrogen-bond donors (Lipinski definition) is 3. The number of hydrogen-bond acceptors (Lipinski definition) is 7. The molecule has 0 bridgehead atoms. The predicted molar refractivity (Wildman–Crippen MR) is 242 cm³/mol. The predicted octanol–water partition coefficient (Wildman–Crippen LogP) is 12.4. The zero-order chi connectivity index (χ0) is 42.5. The molecular weight excluding hydrogens is 750 g/mol. The maximum atomic E-state index is 12.1. The monoisotopic (exact) mass is 828 g/mol. The van der Waals surface area contributed by atoms with Crippen molar-refractivity contribution in [3.63, 3.8) is 0 Å². The van der Waals surface area contributed by atoms with Crippen molar-refractivity contribution >= 4 is 19.7 Å². The highest BCUT2D eigenvalue weighted by atomic mass is 31.2. The number of unbranched alkanes of at least 4 members (excludes halogenated alkanes) is 9. The highest BCUT2D eigenvalue weighted by molar-refractivity contribution is 7.47. The molecule has 0 aromatic heterocycles. The van der Waals surface area contributed by atoms with Crippen LogP contribution in [0.1, 0.15) is 149 Å². The molecule has 0 heterocycles. The average molecular weight is 828 g/mol. The number of nitrogens with one attached hydrogen (secondary N) is 1. The molecule has 0 aromatic carbocycles. The van der Waals surface area contributed by atoms with Crippen LogP contribution >= 0.6 is 7.82 Å². The molecule has 0 aliphatic carbocycles. The minimum absolute atomic E-state index is 0.0408. The number of phosphoric ester groups is 1. The molecule has 0 aromatic rings. The Morgan fingerprint density at radius 3 is 1.53 bits per heavy atom. The van der Waals surface area contributed by atoms with Gasteiger partial charge in [0.15, 0.2) is 0 Å². The van der Waals surface area contributed by atoms with E-state index in [4.69, 9.17) is 13.8 Å². The first-order valence-electron chi connectivity index (χ1n) is 21.9. The van der Waals surface area contributed by atoms with Crippen LogP contribution in [0.25, 0.3) is 0 Å². The van der Waals surface area contributed by atoms with Gasteiger partial charge in [-0.05, 0) is 83.5 Å². The number of carbonyl (C=O) groups excluding carboxylic acids is 2. The van der Waals surface area contributed by atoms with E-state index in [1.54, 1.807) is 6.08 Å². The summed E-state index contributed by atoms with van der Waals surface area (Å²) in [6.07, 6.45) is 57.6. The summed E-state index contributed by atoms with van der Waals surface area (Å²) in [6, 6.07) is 0. The Morgan fingerprint density at radius 1 is 0.569 bits per heavy atom. The minimum atomic E-state index is -4.45. The number of aliphatic hydroxyl groups excluding tert-OH is 1. The number of rotatable bonds is 39. The molecule has 2 atom stereocenters. The molecule has 0 radical (unpaired) electrons. The van der Waals surface area contributed by atoms with Gasteiger partial charge in [0, 0.05) is 13.0 Å². The van der Waals surface area contributed by atoms with E-state index in [2.05, 4.69) is 110 Å². The van der Waals surface area contributed by atoms with Gasteiger partial charge in [-0.1, -0.05) is 162 Å². The van der Waals surface area contributed by atoms with Gasteiger partial charge in [0.1, 0.15) is 12.7 Å². The molecule has 3 N–H and O–H groups in total. The number of esters is 1. The van der Waals surface area contributed by atoms with Crippen LogP contribution in [-0.4, -0.2) is 54.3 Å². The second-order valence-electron chi connectivity index (χ2n) is 13.9. The molecule has 0 saturated carbocycles. The average Bonchev–Trinajstić information content (AvgIpc) is 3.21. The first-order chi connectivity index (χ1) is 28.3. The molecule has 9 nitrogen and oxygen atoms in total. The summed E-state index contributed by atoms with van der Waals surface area (Å²) >= 11 is 0. The van der Waals surface area contributed by atoms with Crippen LogP contribution in [0.5, 0.6) is 0 Å². The van der Waals surface area contributed by atoms with Gasteiger partial charge in [-0.2, -0.15) is 0 Å². The van der Waals surface area contributed by atoms with Gasteiger partial charge in [0.2, 0.25) is 5.91 Å². The summed E-state index contributed by atoms with van der Waals surface area (Å²) in [6.45, 7) is 3.26. The van der Waals surface area contributed by atoms with Crippen molar-refractivity contribution in [1.29, 1.82) is 0 Å². The van der Waals surface area contributed by atoms with Crippen molar-refractivity contribution in [2.24, 2.45) is 0 Å². The third-order valence-electron chi connectivity index (χ3n) is 8.47. The van der Waals surface area contributed by atoms with Crippen LogP contribution in [-0.2, 0) is 27.9 Å². The van der Waals surface area contributed by atoms with Gasteiger partial charge in [-0.15, -0.1) is 0 Å². The molecule has 0 fully saturated rings. The smallest absolute Gasteiger partial charge is 0.463 e. The lowest BCUT2D eigenvalue weighted by atomic mass is 10.1. The number of ether oxygens (including phenoxy) is 1. The third-order valence-corrected chi connectivity index (χ3v) is 9.45. The Kier molecular flexibility index (Phi) is 40.8. The third kappa shape index (κ3) is 43.8. The van der Waals surface area contributed by atoms with Gasteiger partial charge in [0.05, 0.1) is 19.6 Å². The van der Waals surface area contributed by atoms with Crippen molar-refractivity contribution in [2.45, 2.75) is 155 Å².